The van der Waals surface area contributed by atoms with Gasteiger partial charge in [-0.1, -0.05) is 32.4 Å². The third-order valence-electron chi connectivity index (χ3n) is 1.37. The van der Waals surface area contributed by atoms with Gasteiger partial charge in [-0.3, -0.25) is 0 Å². The lowest BCUT2D eigenvalue weighted by molar-refractivity contribution is 0.544. The highest BCUT2D eigenvalue weighted by atomic mass is 127. The molecule has 4 heteroatoms. The molecule has 0 aliphatic carbocycles. The second kappa shape index (κ2) is 3.46. The van der Waals surface area contributed by atoms with E-state index in [2.05, 4.69) is 53.3 Å². The molecule has 0 fully saturated rings. The van der Waals surface area contributed by atoms with Gasteiger partial charge in [-0.2, -0.15) is 0 Å². The molecule has 0 aliphatic heterocycles. The predicted octanol–water partition coefficient (Wildman–Crippen LogP) is 3.03. The van der Waals surface area contributed by atoms with Crippen molar-refractivity contribution in [2.45, 2.75) is 26.2 Å². The molecule has 0 aromatic carbocycles. The van der Waals surface area contributed by atoms with Crippen LogP contribution in [0.4, 0.5) is 0 Å². The first-order valence-electron chi connectivity index (χ1n) is 3.60. The Balaban J connectivity index is 3.14. The van der Waals surface area contributed by atoms with Gasteiger partial charge in [0.15, 0.2) is 0 Å². The van der Waals surface area contributed by atoms with E-state index in [4.69, 9.17) is 11.6 Å². The van der Waals surface area contributed by atoms with E-state index in [0.29, 0.717) is 5.15 Å². The molecule has 0 N–H and O–H groups in total. The van der Waals surface area contributed by atoms with Crippen molar-refractivity contribution >= 4 is 34.2 Å². The lowest BCUT2D eigenvalue weighted by atomic mass is 9.96. The zero-order chi connectivity index (χ0) is 9.35. The average Bonchev–Trinajstić information content (AvgIpc) is 1.92. The fourth-order valence-electron chi connectivity index (χ4n) is 0.708. The van der Waals surface area contributed by atoms with Crippen LogP contribution in [-0.2, 0) is 5.41 Å². The van der Waals surface area contributed by atoms with Crippen LogP contribution in [0, 0.1) is 3.57 Å². The number of halogens is 2. The van der Waals surface area contributed by atoms with Crippen molar-refractivity contribution in [2.24, 2.45) is 0 Å². The lowest BCUT2D eigenvalue weighted by Gasteiger charge is -2.16. The molecule has 0 bridgehead atoms. The first-order valence-corrected chi connectivity index (χ1v) is 5.05. The van der Waals surface area contributed by atoms with E-state index in [1.54, 1.807) is 6.20 Å². The zero-order valence-electron chi connectivity index (χ0n) is 7.23. The molecule has 0 atom stereocenters. The molecule has 1 aromatic heterocycles. The zero-order valence-corrected chi connectivity index (χ0v) is 10.1. The molecule has 1 heterocycles. The van der Waals surface area contributed by atoms with Crippen molar-refractivity contribution in [1.29, 1.82) is 0 Å². The standard InChI is InChI=1S/C8H10ClIN2/c1-8(2,3)7-11-4-5(10)6(9)12-7/h4H,1-3H3. The Morgan fingerprint density at radius 1 is 1.42 bits per heavy atom. The van der Waals surface area contributed by atoms with Crippen molar-refractivity contribution in [3.8, 4) is 0 Å². The summed E-state index contributed by atoms with van der Waals surface area (Å²) in [5, 5.41) is 0.538. The monoisotopic (exact) mass is 296 g/mol. The summed E-state index contributed by atoms with van der Waals surface area (Å²) in [6, 6.07) is 0. The van der Waals surface area contributed by atoms with Gasteiger partial charge in [-0.15, -0.1) is 0 Å². The molecule has 0 amide bonds. The average molecular weight is 297 g/mol. The second-order valence-corrected chi connectivity index (χ2v) is 5.10. The molecule has 0 saturated heterocycles. The van der Waals surface area contributed by atoms with Crippen LogP contribution < -0.4 is 0 Å². The van der Waals surface area contributed by atoms with Gasteiger partial charge >= 0.3 is 0 Å². The molecular weight excluding hydrogens is 286 g/mol. The minimum atomic E-state index is -0.0337. The third-order valence-corrected chi connectivity index (χ3v) is 2.77. The summed E-state index contributed by atoms with van der Waals surface area (Å²) in [6.45, 7) is 6.18. The third kappa shape index (κ3) is 2.29. The lowest BCUT2D eigenvalue weighted by Crippen LogP contribution is -2.16. The molecule has 0 radical (unpaired) electrons. The number of hydrogen-bond acceptors (Lipinski definition) is 2. The van der Waals surface area contributed by atoms with Gasteiger partial charge in [-0.05, 0) is 22.6 Å². The number of nitrogens with zero attached hydrogens (tertiary/aromatic N) is 2. The predicted molar refractivity (Wildman–Crippen MR) is 58.5 cm³/mol. The number of hydrogen-bond donors (Lipinski definition) is 0. The summed E-state index contributed by atoms with van der Waals surface area (Å²) in [4.78, 5) is 8.40. The van der Waals surface area contributed by atoms with Gasteiger partial charge in [0.1, 0.15) is 11.0 Å². The van der Waals surface area contributed by atoms with E-state index in [9.17, 15) is 0 Å². The normalized spacial score (nSPS) is 11.8. The van der Waals surface area contributed by atoms with Crippen molar-refractivity contribution in [2.75, 3.05) is 0 Å². The summed E-state index contributed by atoms with van der Waals surface area (Å²) >= 11 is 7.97. The maximum atomic E-state index is 5.86. The summed E-state index contributed by atoms with van der Waals surface area (Å²) in [5.74, 6) is 0.785. The fourth-order valence-corrected chi connectivity index (χ4v) is 1.10. The largest absolute Gasteiger partial charge is 0.240 e. The van der Waals surface area contributed by atoms with Crippen molar-refractivity contribution in [3.05, 3.63) is 20.7 Å². The van der Waals surface area contributed by atoms with Gasteiger partial charge in [-0.25, -0.2) is 9.97 Å². The van der Waals surface area contributed by atoms with Crippen molar-refractivity contribution in [1.82, 2.24) is 9.97 Å². The van der Waals surface area contributed by atoms with E-state index in [1.165, 1.54) is 0 Å². The molecule has 1 rings (SSSR count). The van der Waals surface area contributed by atoms with Gasteiger partial charge in [0, 0.05) is 11.6 Å². The van der Waals surface area contributed by atoms with Crippen molar-refractivity contribution < 1.29 is 0 Å². The van der Waals surface area contributed by atoms with Gasteiger partial charge in [0.25, 0.3) is 0 Å². The highest BCUT2D eigenvalue weighted by Gasteiger charge is 2.17. The first kappa shape index (κ1) is 10.2. The van der Waals surface area contributed by atoms with Crippen LogP contribution in [0.2, 0.25) is 5.15 Å². The highest BCUT2D eigenvalue weighted by Crippen LogP contribution is 2.21. The number of aromatic nitrogens is 2. The van der Waals surface area contributed by atoms with Gasteiger partial charge in [0.2, 0.25) is 0 Å². The Labute approximate surface area is 90.9 Å². The molecule has 0 unspecified atom stereocenters. The molecule has 0 aliphatic rings. The Hall–Kier alpha value is 0.1000. The topological polar surface area (TPSA) is 25.8 Å². The van der Waals surface area contributed by atoms with E-state index < -0.39 is 0 Å². The second-order valence-electron chi connectivity index (χ2n) is 3.58. The Kier molecular flexibility index (Phi) is 2.93. The van der Waals surface area contributed by atoms with Gasteiger partial charge < -0.3 is 0 Å². The quantitative estimate of drug-likeness (QED) is 0.543. The smallest absolute Gasteiger partial charge is 0.146 e. The minimum Gasteiger partial charge on any atom is -0.240 e. The summed E-state index contributed by atoms with van der Waals surface area (Å²) < 4.78 is 0.891. The van der Waals surface area contributed by atoms with E-state index in [-0.39, 0.29) is 5.41 Å². The maximum absolute atomic E-state index is 5.86. The molecule has 1 aromatic rings. The minimum absolute atomic E-state index is 0.0337. The molecule has 0 saturated carbocycles. The molecule has 2 nitrogen and oxygen atoms in total. The summed E-state index contributed by atoms with van der Waals surface area (Å²) in [5.41, 5.74) is -0.0337. The summed E-state index contributed by atoms with van der Waals surface area (Å²) in [6.07, 6.45) is 1.75. The van der Waals surface area contributed by atoms with Crippen LogP contribution in [0.25, 0.3) is 0 Å². The van der Waals surface area contributed by atoms with Crippen LogP contribution in [0.1, 0.15) is 26.6 Å². The summed E-state index contributed by atoms with van der Waals surface area (Å²) in [7, 11) is 0. The van der Waals surface area contributed by atoms with Gasteiger partial charge in [0.05, 0.1) is 3.57 Å². The van der Waals surface area contributed by atoms with Crippen LogP contribution in [0.3, 0.4) is 0 Å². The van der Waals surface area contributed by atoms with Crippen LogP contribution >= 0.6 is 34.2 Å². The Morgan fingerprint density at radius 2 is 2.00 bits per heavy atom. The molecule has 66 valence electrons. The fraction of sp³-hybridized carbons (Fsp3) is 0.500. The van der Waals surface area contributed by atoms with E-state index in [1.807, 2.05) is 0 Å². The Bertz CT molecular complexity index is 294. The number of rotatable bonds is 0. The first-order chi connectivity index (χ1) is 5.41. The molecular formula is C8H10ClIN2. The SMILES string of the molecule is CC(C)(C)c1ncc(I)c(Cl)n1. The molecule has 0 spiro atoms. The van der Waals surface area contributed by atoms with Crippen molar-refractivity contribution in [3.63, 3.8) is 0 Å². The maximum Gasteiger partial charge on any atom is 0.146 e. The Morgan fingerprint density at radius 3 is 2.42 bits per heavy atom. The highest BCUT2D eigenvalue weighted by molar-refractivity contribution is 14.1. The van der Waals surface area contributed by atoms with Crippen LogP contribution in [-0.4, -0.2) is 9.97 Å². The van der Waals surface area contributed by atoms with Crippen LogP contribution in [0.5, 0.6) is 0 Å². The van der Waals surface area contributed by atoms with E-state index in [0.717, 1.165) is 9.39 Å². The molecule has 12 heavy (non-hydrogen) atoms. The van der Waals surface area contributed by atoms with E-state index >= 15 is 0 Å². The van der Waals surface area contributed by atoms with Crippen LogP contribution in [0.15, 0.2) is 6.20 Å².